The average Bonchev–Trinajstić information content (AvgIpc) is 2.70. The molecule has 0 atom stereocenters. The molecule has 0 amide bonds. The van der Waals surface area contributed by atoms with E-state index < -0.39 is 0 Å². The van der Waals surface area contributed by atoms with Crippen LogP contribution in [0.25, 0.3) is 0 Å². The first-order valence-corrected chi connectivity index (χ1v) is 10.5. The first-order valence-electron chi connectivity index (χ1n) is 10.5. The van der Waals surface area contributed by atoms with Crippen LogP contribution in [-0.4, -0.2) is 6.61 Å². The van der Waals surface area contributed by atoms with Gasteiger partial charge in [-0.15, -0.1) is 0 Å². The standard InChI is InChI=1S/C27H31FO2/c1-19(2)24-13-12-22(15-20(24)3)27(4,5)18-29-17-21-11-14-25(28)26(16-21)30-23-9-7-6-8-10-23/h6-16,19H,17-18H2,1-5H3. The fourth-order valence-electron chi connectivity index (χ4n) is 3.58. The number of aryl methyl sites for hydroxylation is 1. The largest absolute Gasteiger partial charge is 0.454 e. The fraction of sp³-hybridized carbons (Fsp3) is 0.333. The Hall–Kier alpha value is -2.65. The summed E-state index contributed by atoms with van der Waals surface area (Å²) in [6.45, 7) is 11.9. The summed E-state index contributed by atoms with van der Waals surface area (Å²) in [5, 5.41) is 0. The van der Waals surface area contributed by atoms with Crippen LogP contribution in [0.1, 0.15) is 55.9 Å². The number of hydrogen-bond acceptors (Lipinski definition) is 2. The molecule has 3 rings (SSSR count). The number of benzene rings is 3. The highest BCUT2D eigenvalue weighted by Crippen LogP contribution is 2.29. The molecule has 0 bridgehead atoms. The summed E-state index contributed by atoms with van der Waals surface area (Å²) in [5.74, 6) is 0.949. The quantitative estimate of drug-likeness (QED) is 0.384. The van der Waals surface area contributed by atoms with E-state index in [4.69, 9.17) is 9.47 Å². The highest BCUT2D eigenvalue weighted by atomic mass is 19.1. The minimum absolute atomic E-state index is 0.121. The van der Waals surface area contributed by atoms with Crippen LogP contribution >= 0.6 is 0 Å². The van der Waals surface area contributed by atoms with Crippen LogP contribution in [0.5, 0.6) is 11.5 Å². The van der Waals surface area contributed by atoms with Crippen molar-refractivity contribution in [3.8, 4) is 11.5 Å². The lowest BCUT2D eigenvalue weighted by Gasteiger charge is -2.26. The molecule has 0 heterocycles. The van der Waals surface area contributed by atoms with Crippen LogP contribution in [-0.2, 0) is 16.8 Å². The summed E-state index contributed by atoms with van der Waals surface area (Å²) < 4.78 is 25.9. The molecular formula is C27H31FO2. The van der Waals surface area contributed by atoms with Crippen molar-refractivity contribution in [3.63, 3.8) is 0 Å². The zero-order chi connectivity index (χ0) is 21.7. The summed E-state index contributed by atoms with van der Waals surface area (Å²) in [7, 11) is 0. The van der Waals surface area contributed by atoms with Crippen LogP contribution in [0.15, 0.2) is 66.7 Å². The zero-order valence-electron chi connectivity index (χ0n) is 18.5. The highest BCUT2D eigenvalue weighted by Gasteiger charge is 2.22. The van der Waals surface area contributed by atoms with Crippen molar-refractivity contribution in [1.82, 2.24) is 0 Å². The third-order valence-electron chi connectivity index (χ3n) is 5.37. The minimum atomic E-state index is -0.386. The van der Waals surface area contributed by atoms with Crippen molar-refractivity contribution in [1.29, 1.82) is 0 Å². The average molecular weight is 407 g/mol. The highest BCUT2D eigenvalue weighted by molar-refractivity contribution is 5.37. The van der Waals surface area contributed by atoms with Crippen molar-refractivity contribution < 1.29 is 13.9 Å². The van der Waals surface area contributed by atoms with Crippen LogP contribution in [0.4, 0.5) is 4.39 Å². The molecule has 30 heavy (non-hydrogen) atoms. The van der Waals surface area contributed by atoms with Crippen molar-refractivity contribution >= 4 is 0 Å². The number of hydrogen-bond donors (Lipinski definition) is 0. The van der Waals surface area contributed by atoms with E-state index in [1.165, 1.54) is 22.8 Å². The van der Waals surface area contributed by atoms with E-state index in [0.29, 0.717) is 24.9 Å². The molecule has 0 saturated carbocycles. The molecule has 0 aromatic heterocycles. The summed E-state index contributed by atoms with van der Waals surface area (Å²) in [6.07, 6.45) is 0. The van der Waals surface area contributed by atoms with E-state index in [0.717, 1.165) is 5.56 Å². The molecule has 0 spiro atoms. The van der Waals surface area contributed by atoms with Gasteiger partial charge in [-0.25, -0.2) is 4.39 Å². The minimum Gasteiger partial charge on any atom is -0.454 e. The second-order valence-electron chi connectivity index (χ2n) is 8.78. The maximum atomic E-state index is 14.1. The zero-order valence-corrected chi connectivity index (χ0v) is 18.5. The predicted octanol–water partition coefficient (Wildman–Crippen LogP) is 7.54. The van der Waals surface area contributed by atoms with E-state index in [9.17, 15) is 4.39 Å². The predicted molar refractivity (Wildman–Crippen MR) is 121 cm³/mol. The smallest absolute Gasteiger partial charge is 0.165 e. The Labute approximate surface area is 179 Å². The van der Waals surface area contributed by atoms with Gasteiger partial charge in [0, 0.05) is 5.41 Å². The Bertz CT molecular complexity index is 977. The van der Waals surface area contributed by atoms with E-state index >= 15 is 0 Å². The molecule has 2 nitrogen and oxygen atoms in total. The lowest BCUT2D eigenvalue weighted by molar-refractivity contribution is 0.0823. The normalized spacial score (nSPS) is 11.7. The first-order chi connectivity index (χ1) is 14.3. The summed E-state index contributed by atoms with van der Waals surface area (Å²) >= 11 is 0. The van der Waals surface area contributed by atoms with E-state index in [2.05, 4.69) is 52.8 Å². The molecule has 0 N–H and O–H groups in total. The third kappa shape index (κ3) is 5.48. The molecule has 0 fully saturated rings. The van der Waals surface area contributed by atoms with Gasteiger partial charge in [0.15, 0.2) is 11.6 Å². The number of rotatable bonds is 8. The van der Waals surface area contributed by atoms with Gasteiger partial charge in [0.1, 0.15) is 5.75 Å². The molecule has 0 unspecified atom stereocenters. The van der Waals surface area contributed by atoms with Crippen molar-refractivity contribution in [2.24, 2.45) is 0 Å². The molecule has 0 aliphatic heterocycles. The van der Waals surface area contributed by atoms with Gasteiger partial charge in [0.05, 0.1) is 13.2 Å². The first kappa shape index (κ1) is 22.0. The van der Waals surface area contributed by atoms with Crippen LogP contribution < -0.4 is 4.74 Å². The Kier molecular flexibility index (Phi) is 6.94. The van der Waals surface area contributed by atoms with Crippen molar-refractivity contribution in [2.75, 3.05) is 6.61 Å². The van der Waals surface area contributed by atoms with E-state index in [1.54, 1.807) is 24.3 Å². The summed E-state index contributed by atoms with van der Waals surface area (Å²) in [4.78, 5) is 0. The Morgan fingerprint density at radius 1 is 0.933 bits per heavy atom. The van der Waals surface area contributed by atoms with Crippen molar-refractivity contribution in [2.45, 2.75) is 52.6 Å². The van der Waals surface area contributed by atoms with E-state index in [1.807, 2.05) is 18.2 Å². The Morgan fingerprint density at radius 2 is 1.67 bits per heavy atom. The second kappa shape index (κ2) is 9.44. The van der Waals surface area contributed by atoms with E-state index in [-0.39, 0.29) is 17.0 Å². The lowest BCUT2D eigenvalue weighted by atomic mass is 9.83. The molecule has 0 aliphatic carbocycles. The van der Waals surface area contributed by atoms with Crippen LogP contribution in [0, 0.1) is 12.7 Å². The maximum Gasteiger partial charge on any atom is 0.165 e. The second-order valence-corrected chi connectivity index (χ2v) is 8.78. The molecule has 3 aromatic rings. The van der Waals surface area contributed by atoms with Gasteiger partial charge in [-0.3, -0.25) is 0 Å². The van der Waals surface area contributed by atoms with Gasteiger partial charge in [0.25, 0.3) is 0 Å². The summed E-state index contributed by atoms with van der Waals surface area (Å²) in [5.41, 5.74) is 4.72. The molecule has 3 aromatic carbocycles. The Balaban J connectivity index is 1.64. The maximum absolute atomic E-state index is 14.1. The lowest BCUT2D eigenvalue weighted by Crippen LogP contribution is -2.24. The number of ether oxygens (including phenoxy) is 2. The molecule has 3 heteroatoms. The fourth-order valence-corrected chi connectivity index (χ4v) is 3.58. The molecular weight excluding hydrogens is 375 g/mol. The van der Waals surface area contributed by atoms with Crippen molar-refractivity contribution in [3.05, 3.63) is 94.8 Å². The van der Waals surface area contributed by atoms with Gasteiger partial charge in [-0.05, 0) is 59.4 Å². The molecule has 0 saturated heterocycles. The van der Waals surface area contributed by atoms with Crippen LogP contribution in [0.2, 0.25) is 0 Å². The molecule has 0 aliphatic rings. The summed E-state index contributed by atoms with van der Waals surface area (Å²) in [6, 6.07) is 20.8. The Morgan fingerprint density at radius 3 is 2.33 bits per heavy atom. The number of para-hydroxylation sites is 1. The monoisotopic (exact) mass is 406 g/mol. The number of halogens is 1. The molecule has 158 valence electrons. The third-order valence-corrected chi connectivity index (χ3v) is 5.37. The van der Waals surface area contributed by atoms with Gasteiger partial charge in [-0.2, -0.15) is 0 Å². The van der Waals surface area contributed by atoms with Gasteiger partial charge in [0.2, 0.25) is 0 Å². The van der Waals surface area contributed by atoms with Gasteiger partial charge in [-0.1, -0.05) is 70.2 Å². The van der Waals surface area contributed by atoms with Gasteiger partial charge >= 0.3 is 0 Å². The SMILES string of the molecule is Cc1cc(C(C)(C)COCc2ccc(F)c(Oc3ccccc3)c2)ccc1C(C)C. The topological polar surface area (TPSA) is 18.5 Å². The van der Waals surface area contributed by atoms with Crippen LogP contribution in [0.3, 0.4) is 0 Å². The van der Waals surface area contributed by atoms with Gasteiger partial charge < -0.3 is 9.47 Å². The molecule has 0 radical (unpaired) electrons.